The van der Waals surface area contributed by atoms with Crippen LogP contribution in [0.1, 0.15) is 0 Å². The van der Waals surface area contributed by atoms with Crippen LogP contribution in [0.5, 0.6) is 0 Å². The molecule has 0 radical (unpaired) electrons. The summed E-state index contributed by atoms with van der Waals surface area (Å²) in [6.07, 6.45) is 7.91. The van der Waals surface area contributed by atoms with E-state index in [9.17, 15) is 9.59 Å². The van der Waals surface area contributed by atoms with Crippen molar-refractivity contribution in [1.82, 2.24) is 0 Å². The van der Waals surface area contributed by atoms with Crippen molar-refractivity contribution >= 4 is 17.6 Å². The van der Waals surface area contributed by atoms with E-state index in [0.717, 1.165) is 6.08 Å². The van der Waals surface area contributed by atoms with E-state index in [0.29, 0.717) is 5.71 Å². The predicted molar refractivity (Wildman–Crippen MR) is 53.5 cm³/mol. The number of rotatable bonds is 1. The molecule has 3 N–H and O–H groups in total. The van der Waals surface area contributed by atoms with Crippen LogP contribution in [0.2, 0.25) is 0 Å². The Kier molecular flexibility index (Phi) is 2.96. The second-order valence-corrected chi connectivity index (χ2v) is 3.00. The lowest BCUT2D eigenvalue weighted by Crippen LogP contribution is -2.25. The highest BCUT2D eigenvalue weighted by Gasteiger charge is 2.27. The maximum absolute atomic E-state index is 11.0. The quantitative estimate of drug-likeness (QED) is 0.649. The molecule has 5 nitrogen and oxygen atoms in total. The molecule has 0 spiro atoms. The molecule has 15 heavy (non-hydrogen) atoms. The van der Waals surface area contributed by atoms with Crippen molar-refractivity contribution in [3.63, 3.8) is 0 Å². The van der Waals surface area contributed by atoms with Crippen LogP contribution in [0.25, 0.3) is 0 Å². The molecule has 0 aromatic carbocycles. The molecule has 1 aliphatic heterocycles. The zero-order valence-corrected chi connectivity index (χ0v) is 7.68. The largest absolute Gasteiger partial charge is 0.478 e. The molecule has 5 heteroatoms. The minimum absolute atomic E-state index is 0. The zero-order chi connectivity index (χ0) is 10.1. The van der Waals surface area contributed by atoms with Gasteiger partial charge in [-0.3, -0.25) is 4.79 Å². The highest BCUT2D eigenvalue weighted by Crippen LogP contribution is 2.23. The number of hydrogen-bond acceptors (Lipinski definition) is 2. The SMILES string of the molecule is O.O=C1C=C(C(=O)O)C2C=CC=CC2=N1. The van der Waals surface area contributed by atoms with E-state index in [-0.39, 0.29) is 17.0 Å². The van der Waals surface area contributed by atoms with E-state index in [2.05, 4.69) is 4.99 Å². The Morgan fingerprint density at radius 2 is 2.13 bits per heavy atom. The summed E-state index contributed by atoms with van der Waals surface area (Å²) in [7, 11) is 0. The number of allylic oxidation sites excluding steroid dienone is 4. The second-order valence-electron chi connectivity index (χ2n) is 3.00. The van der Waals surface area contributed by atoms with Gasteiger partial charge in [-0.15, -0.1) is 0 Å². The van der Waals surface area contributed by atoms with Gasteiger partial charge in [0.2, 0.25) is 0 Å². The van der Waals surface area contributed by atoms with Gasteiger partial charge in [0, 0.05) is 6.08 Å². The van der Waals surface area contributed by atoms with Crippen molar-refractivity contribution in [2.24, 2.45) is 10.9 Å². The Balaban J connectivity index is 0.00000112. The number of aliphatic imine (C=N–C) groups is 1. The van der Waals surface area contributed by atoms with Crippen LogP contribution in [0.4, 0.5) is 0 Å². The third-order valence-corrected chi connectivity index (χ3v) is 2.10. The number of dihydropyridines is 1. The van der Waals surface area contributed by atoms with Crippen LogP contribution in [0.15, 0.2) is 40.9 Å². The highest BCUT2D eigenvalue weighted by molar-refractivity contribution is 6.17. The van der Waals surface area contributed by atoms with Crippen molar-refractivity contribution in [3.8, 4) is 0 Å². The van der Waals surface area contributed by atoms with Gasteiger partial charge in [0.15, 0.2) is 0 Å². The minimum atomic E-state index is -1.07. The summed E-state index contributed by atoms with van der Waals surface area (Å²) in [6, 6.07) is 0. The van der Waals surface area contributed by atoms with E-state index in [4.69, 9.17) is 5.11 Å². The van der Waals surface area contributed by atoms with E-state index >= 15 is 0 Å². The molecule has 1 unspecified atom stereocenters. The average Bonchev–Trinajstić information content (AvgIpc) is 2.16. The molecule has 0 saturated heterocycles. The van der Waals surface area contributed by atoms with Gasteiger partial charge in [-0.25, -0.2) is 9.79 Å². The topological polar surface area (TPSA) is 98.2 Å². The number of amides is 1. The molecule has 2 aliphatic rings. The van der Waals surface area contributed by atoms with Gasteiger partial charge in [0.1, 0.15) is 0 Å². The van der Waals surface area contributed by atoms with E-state index in [1.165, 1.54) is 0 Å². The van der Waals surface area contributed by atoms with Crippen LogP contribution in [0, 0.1) is 5.92 Å². The van der Waals surface area contributed by atoms with Crippen LogP contribution < -0.4 is 0 Å². The molecule has 1 aliphatic carbocycles. The van der Waals surface area contributed by atoms with Crippen molar-refractivity contribution in [2.45, 2.75) is 0 Å². The van der Waals surface area contributed by atoms with Crippen LogP contribution >= 0.6 is 0 Å². The number of carboxylic acids is 1. The number of aliphatic carboxylic acids is 1. The van der Waals surface area contributed by atoms with Crippen LogP contribution in [-0.2, 0) is 9.59 Å². The molecule has 1 heterocycles. The molecular weight excluding hydrogens is 198 g/mol. The Morgan fingerprint density at radius 3 is 2.80 bits per heavy atom. The molecular formula is C10H9NO4. The number of nitrogens with zero attached hydrogens (tertiary/aromatic N) is 1. The van der Waals surface area contributed by atoms with E-state index in [1.807, 2.05) is 0 Å². The zero-order valence-electron chi connectivity index (χ0n) is 7.68. The first kappa shape index (κ1) is 11.1. The number of carboxylic acid groups (broad SMARTS) is 1. The molecule has 0 saturated carbocycles. The summed E-state index contributed by atoms with van der Waals surface area (Å²) in [5, 5.41) is 8.86. The lowest BCUT2D eigenvalue weighted by molar-refractivity contribution is -0.133. The third-order valence-electron chi connectivity index (χ3n) is 2.10. The number of fused-ring (bicyclic) bond motifs is 1. The fraction of sp³-hybridized carbons (Fsp3) is 0.100. The Morgan fingerprint density at radius 1 is 1.40 bits per heavy atom. The third kappa shape index (κ3) is 1.92. The molecule has 0 aromatic heterocycles. The number of hydrogen-bond donors (Lipinski definition) is 1. The van der Waals surface area contributed by atoms with Crippen LogP contribution in [-0.4, -0.2) is 28.2 Å². The Labute approximate surface area is 85.4 Å². The van der Waals surface area contributed by atoms with Gasteiger partial charge in [0.05, 0.1) is 17.2 Å². The van der Waals surface area contributed by atoms with Crippen molar-refractivity contribution in [3.05, 3.63) is 36.0 Å². The summed E-state index contributed by atoms with van der Waals surface area (Å²) in [4.78, 5) is 25.6. The monoisotopic (exact) mass is 207 g/mol. The molecule has 78 valence electrons. The molecule has 0 bridgehead atoms. The molecule has 0 aromatic rings. The van der Waals surface area contributed by atoms with Crippen LogP contribution in [0.3, 0.4) is 0 Å². The summed E-state index contributed by atoms with van der Waals surface area (Å²) in [6.45, 7) is 0. The van der Waals surface area contributed by atoms with E-state index < -0.39 is 11.9 Å². The molecule has 1 atom stereocenters. The van der Waals surface area contributed by atoms with E-state index in [1.54, 1.807) is 24.3 Å². The molecule has 0 fully saturated rings. The smallest absolute Gasteiger partial charge is 0.332 e. The molecule has 1 amide bonds. The maximum atomic E-state index is 11.0. The van der Waals surface area contributed by atoms with Gasteiger partial charge in [-0.05, 0) is 6.08 Å². The predicted octanol–water partition coefficient (Wildman–Crippen LogP) is -0.104. The maximum Gasteiger partial charge on any atom is 0.332 e. The standard InChI is InChI=1S/C10H7NO3.H2O/c12-9-5-7(10(13)14)6-3-1-2-4-8(6)11-9;/h1-6H,(H,13,14);1H2. The van der Waals surface area contributed by atoms with Gasteiger partial charge < -0.3 is 10.6 Å². The fourth-order valence-electron chi connectivity index (χ4n) is 1.48. The normalized spacial score (nSPS) is 22.4. The summed E-state index contributed by atoms with van der Waals surface area (Å²) in [5.41, 5.74) is 0.581. The van der Waals surface area contributed by atoms with Gasteiger partial charge in [-0.1, -0.05) is 18.2 Å². The Bertz CT molecular complexity index is 429. The second kappa shape index (κ2) is 4.02. The average molecular weight is 207 g/mol. The van der Waals surface area contributed by atoms with Gasteiger partial charge in [-0.2, -0.15) is 0 Å². The van der Waals surface area contributed by atoms with Crippen molar-refractivity contribution in [1.29, 1.82) is 0 Å². The first-order valence-electron chi connectivity index (χ1n) is 4.11. The number of carbonyl (C=O) groups excluding carboxylic acids is 1. The van der Waals surface area contributed by atoms with Crippen molar-refractivity contribution < 1.29 is 20.2 Å². The molecule has 2 rings (SSSR count). The number of carbonyl (C=O) groups is 2. The summed E-state index contributed by atoms with van der Waals surface area (Å²) < 4.78 is 0. The summed E-state index contributed by atoms with van der Waals surface area (Å²) >= 11 is 0. The first-order chi connectivity index (χ1) is 6.68. The first-order valence-corrected chi connectivity index (χ1v) is 4.11. The highest BCUT2D eigenvalue weighted by atomic mass is 16.4. The van der Waals surface area contributed by atoms with Crippen molar-refractivity contribution in [2.75, 3.05) is 0 Å². The minimum Gasteiger partial charge on any atom is -0.478 e. The lowest BCUT2D eigenvalue weighted by atomic mass is 9.88. The Hall–Kier alpha value is -2.01. The lowest BCUT2D eigenvalue weighted by Gasteiger charge is -2.18. The van der Waals surface area contributed by atoms with Gasteiger partial charge >= 0.3 is 5.97 Å². The summed E-state index contributed by atoms with van der Waals surface area (Å²) in [5.74, 6) is -1.96. The van der Waals surface area contributed by atoms with Gasteiger partial charge in [0.25, 0.3) is 5.91 Å². The fourth-order valence-corrected chi connectivity index (χ4v) is 1.48.